The first kappa shape index (κ1) is 13.6. The van der Waals surface area contributed by atoms with Crippen LogP contribution in [0.2, 0.25) is 0 Å². The number of nitrogens with one attached hydrogen (secondary N) is 1. The van der Waals surface area contributed by atoms with Crippen LogP contribution in [-0.4, -0.2) is 29.1 Å². The lowest BCUT2D eigenvalue weighted by molar-refractivity contribution is 0.0951. The molecule has 1 heterocycles. The Balaban J connectivity index is 1.93. The van der Waals surface area contributed by atoms with Crippen LogP contribution in [-0.2, 0) is 0 Å². The molecule has 1 aliphatic carbocycles. The topological polar surface area (TPSA) is 62.2 Å². The molecule has 100 valence electrons. The van der Waals surface area contributed by atoms with Crippen LogP contribution < -0.4 is 5.32 Å². The van der Waals surface area contributed by atoms with Gasteiger partial charge in [0.2, 0.25) is 0 Å². The Kier molecular flexibility index (Phi) is 4.53. The van der Waals surface area contributed by atoms with Crippen molar-refractivity contribution in [1.29, 1.82) is 0 Å². The SMILES string of the molecule is CC1CC1CNC(=O)c1cncc(C#CCCO)c1. The minimum absolute atomic E-state index is 0.0418. The first-order chi connectivity index (χ1) is 9.20. The Morgan fingerprint density at radius 3 is 3.05 bits per heavy atom. The van der Waals surface area contributed by atoms with Gasteiger partial charge in [-0.3, -0.25) is 9.78 Å². The number of aliphatic hydroxyl groups excluding tert-OH is 1. The number of carbonyl (C=O) groups is 1. The normalized spacial score (nSPS) is 20.3. The molecule has 1 aromatic rings. The first-order valence-electron chi connectivity index (χ1n) is 6.53. The van der Waals surface area contributed by atoms with Crippen LogP contribution in [0.4, 0.5) is 0 Å². The first-order valence-corrected chi connectivity index (χ1v) is 6.53. The van der Waals surface area contributed by atoms with Crippen molar-refractivity contribution in [2.24, 2.45) is 11.8 Å². The molecular formula is C15H18N2O2. The number of nitrogens with zero attached hydrogens (tertiary/aromatic N) is 1. The molecule has 4 heteroatoms. The maximum Gasteiger partial charge on any atom is 0.252 e. The molecule has 2 atom stereocenters. The van der Waals surface area contributed by atoms with Gasteiger partial charge in [0.1, 0.15) is 0 Å². The third-order valence-electron chi connectivity index (χ3n) is 3.27. The fourth-order valence-electron chi connectivity index (χ4n) is 1.86. The predicted molar refractivity (Wildman–Crippen MR) is 72.4 cm³/mol. The summed E-state index contributed by atoms with van der Waals surface area (Å²) in [6, 6.07) is 1.73. The monoisotopic (exact) mass is 258 g/mol. The summed E-state index contributed by atoms with van der Waals surface area (Å²) in [6.07, 6.45) is 4.79. The smallest absolute Gasteiger partial charge is 0.252 e. The molecule has 1 amide bonds. The summed E-state index contributed by atoms with van der Waals surface area (Å²) >= 11 is 0. The van der Waals surface area contributed by atoms with Crippen LogP contribution >= 0.6 is 0 Å². The second kappa shape index (κ2) is 6.35. The van der Waals surface area contributed by atoms with Gasteiger partial charge in [0, 0.05) is 30.9 Å². The minimum atomic E-state index is -0.0996. The van der Waals surface area contributed by atoms with Crippen LogP contribution in [0.5, 0.6) is 0 Å². The van der Waals surface area contributed by atoms with Gasteiger partial charge in [-0.15, -0.1) is 0 Å². The lowest BCUT2D eigenvalue weighted by Gasteiger charge is -2.04. The van der Waals surface area contributed by atoms with Crippen molar-refractivity contribution in [1.82, 2.24) is 10.3 Å². The average molecular weight is 258 g/mol. The molecular weight excluding hydrogens is 240 g/mol. The summed E-state index contributed by atoms with van der Waals surface area (Å²) in [4.78, 5) is 15.9. The van der Waals surface area contributed by atoms with Crippen LogP contribution in [0.3, 0.4) is 0 Å². The Labute approximate surface area is 113 Å². The van der Waals surface area contributed by atoms with Gasteiger partial charge in [0.05, 0.1) is 12.2 Å². The molecule has 1 fully saturated rings. The number of amides is 1. The summed E-state index contributed by atoms with van der Waals surface area (Å²) in [5, 5.41) is 11.6. The van der Waals surface area contributed by atoms with Crippen LogP contribution in [0.25, 0.3) is 0 Å². The van der Waals surface area contributed by atoms with Crippen molar-refractivity contribution in [3.05, 3.63) is 29.6 Å². The highest BCUT2D eigenvalue weighted by atomic mass is 16.2. The van der Waals surface area contributed by atoms with E-state index in [0.29, 0.717) is 23.5 Å². The minimum Gasteiger partial charge on any atom is -0.395 e. The fraction of sp³-hybridized carbons (Fsp3) is 0.467. The number of carbonyl (C=O) groups excluding carboxylic acids is 1. The van der Waals surface area contributed by atoms with Gasteiger partial charge in [-0.05, 0) is 24.3 Å². The number of hydrogen-bond donors (Lipinski definition) is 2. The number of aliphatic hydroxyl groups is 1. The molecule has 2 N–H and O–H groups in total. The van der Waals surface area contributed by atoms with E-state index in [-0.39, 0.29) is 12.5 Å². The lowest BCUT2D eigenvalue weighted by atomic mass is 10.2. The van der Waals surface area contributed by atoms with E-state index in [0.717, 1.165) is 12.5 Å². The Bertz CT molecular complexity index is 516. The van der Waals surface area contributed by atoms with E-state index in [9.17, 15) is 4.79 Å². The molecule has 2 rings (SSSR count). The molecule has 0 aliphatic heterocycles. The summed E-state index contributed by atoms with van der Waals surface area (Å²) in [5.74, 6) is 6.94. The van der Waals surface area contributed by atoms with Gasteiger partial charge in [-0.1, -0.05) is 18.8 Å². The van der Waals surface area contributed by atoms with Crippen molar-refractivity contribution in [2.45, 2.75) is 19.8 Å². The van der Waals surface area contributed by atoms with Crippen molar-refractivity contribution < 1.29 is 9.90 Å². The highest BCUT2D eigenvalue weighted by molar-refractivity contribution is 5.94. The summed E-state index contributed by atoms with van der Waals surface area (Å²) in [5.41, 5.74) is 1.23. The molecule has 0 saturated heterocycles. The Morgan fingerprint density at radius 2 is 2.37 bits per heavy atom. The van der Waals surface area contributed by atoms with E-state index in [1.165, 1.54) is 6.42 Å². The zero-order valence-corrected chi connectivity index (χ0v) is 11.0. The molecule has 0 spiro atoms. The Hall–Kier alpha value is -1.86. The van der Waals surface area contributed by atoms with Gasteiger partial charge in [0.15, 0.2) is 0 Å². The van der Waals surface area contributed by atoms with Gasteiger partial charge < -0.3 is 10.4 Å². The summed E-state index contributed by atoms with van der Waals surface area (Å²) in [6.45, 7) is 2.97. The van der Waals surface area contributed by atoms with Gasteiger partial charge in [-0.25, -0.2) is 0 Å². The van der Waals surface area contributed by atoms with Gasteiger partial charge in [-0.2, -0.15) is 0 Å². The van der Waals surface area contributed by atoms with Crippen molar-refractivity contribution in [3.63, 3.8) is 0 Å². The molecule has 4 nitrogen and oxygen atoms in total. The van der Waals surface area contributed by atoms with Crippen LogP contribution in [0.15, 0.2) is 18.5 Å². The van der Waals surface area contributed by atoms with Gasteiger partial charge in [0.25, 0.3) is 5.91 Å². The fourth-order valence-corrected chi connectivity index (χ4v) is 1.86. The van der Waals surface area contributed by atoms with Crippen LogP contribution in [0, 0.1) is 23.7 Å². The number of aromatic nitrogens is 1. The van der Waals surface area contributed by atoms with E-state index in [1.807, 2.05) is 0 Å². The standard InChI is InChI=1S/C15H18N2O2/c1-11-6-13(11)10-17-15(19)14-7-12(8-16-9-14)4-2-3-5-18/h7-9,11,13,18H,3,5-6,10H2,1H3,(H,17,19). The summed E-state index contributed by atoms with van der Waals surface area (Å²) in [7, 11) is 0. The molecule has 1 aliphatic rings. The van der Waals surface area contributed by atoms with E-state index < -0.39 is 0 Å². The molecule has 0 bridgehead atoms. The van der Waals surface area contributed by atoms with E-state index in [2.05, 4.69) is 29.1 Å². The quantitative estimate of drug-likeness (QED) is 0.798. The van der Waals surface area contributed by atoms with E-state index in [1.54, 1.807) is 18.5 Å². The van der Waals surface area contributed by atoms with Crippen molar-refractivity contribution in [3.8, 4) is 11.8 Å². The molecule has 0 aromatic carbocycles. The third kappa shape index (κ3) is 4.08. The maximum absolute atomic E-state index is 11.9. The summed E-state index contributed by atoms with van der Waals surface area (Å²) < 4.78 is 0. The zero-order valence-electron chi connectivity index (χ0n) is 11.0. The zero-order chi connectivity index (χ0) is 13.7. The second-order valence-electron chi connectivity index (χ2n) is 4.92. The molecule has 2 unspecified atom stereocenters. The van der Waals surface area contributed by atoms with Crippen molar-refractivity contribution in [2.75, 3.05) is 13.2 Å². The predicted octanol–water partition coefficient (Wildman–Crippen LogP) is 1.20. The number of pyridine rings is 1. The highest BCUT2D eigenvalue weighted by Gasteiger charge is 2.32. The third-order valence-corrected chi connectivity index (χ3v) is 3.27. The maximum atomic E-state index is 11.9. The lowest BCUT2D eigenvalue weighted by Crippen LogP contribution is -2.26. The second-order valence-corrected chi connectivity index (χ2v) is 4.92. The van der Waals surface area contributed by atoms with E-state index in [4.69, 9.17) is 5.11 Å². The largest absolute Gasteiger partial charge is 0.395 e. The molecule has 1 saturated carbocycles. The molecule has 19 heavy (non-hydrogen) atoms. The highest BCUT2D eigenvalue weighted by Crippen LogP contribution is 2.36. The molecule has 0 radical (unpaired) electrons. The number of rotatable bonds is 4. The van der Waals surface area contributed by atoms with E-state index >= 15 is 0 Å². The van der Waals surface area contributed by atoms with Crippen LogP contribution in [0.1, 0.15) is 35.7 Å². The van der Waals surface area contributed by atoms with Gasteiger partial charge >= 0.3 is 0 Å². The number of hydrogen-bond acceptors (Lipinski definition) is 3. The Morgan fingerprint density at radius 1 is 1.58 bits per heavy atom. The molecule has 1 aromatic heterocycles. The van der Waals surface area contributed by atoms with Crippen molar-refractivity contribution >= 4 is 5.91 Å². The average Bonchev–Trinajstić information content (AvgIpc) is 3.13.